The zero-order valence-corrected chi connectivity index (χ0v) is 14.4. The van der Waals surface area contributed by atoms with Gasteiger partial charge in [-0.15, -0.1) is 12.4 Å². The Morgan fingerprint density at radius 3 is 2.61 bits per heavy atom. The lowest BCUT2D eigenvalue weighted by Gasteiger charge is -2.36. The van der Waals surface area contributed by atoms with Crippen LogP contribution >= 0.6 is 12.4 Å². The number of likely N-dealkylation sites (N-methyl/N-ethyl adjacent to an activating group) is 1. The van der Waals surface area contributed by atoms with Crippen LogP contribution in [0.25, 0.3) is 0 Å². The summed E-state index contributed by atoms with van der Waals surface area (Å²) in [6.07, 6.45) is 4.86. The lowest BCUT2D eigenvalue weighted by molar-refractivity contribution is -0.138. The van der Waals surface area contributed by atoms with E-state index in [1.165, 1.54) is 6.42 Å². The first-order valence-corrected chi connectivity index (χ1v) is 8.09. The number of rotatable bonds is 4. The van der Waals surface area contributed by atoms with E-state index in [1.54, 1.807) is 0 Å². The average Bonchev–Trinajstić information content (AvgIpc) is 3.00. The molecular weight excluding hydrogens is 316 g/mol. The van der Waals surface area contributed by atoms with Gasteiger partial charge in [-0.3, -0.25) is 4.79 Å². The molecule has 1 saturated carbocycles. The summed E-state index contributed by atoms with van der Waals surface area (Å²) in [6, 6.07) is 5.82. The molecule has 5 nitrogen and oxygen atoms in total. The highest BCUT2D eigenvalue weighted by atomic mass is 35.5. The summed E-state index contributed by atoms with van der Waals surface area (Å²) in [6.45, 7) is 3.48. The van der Waals surface area contributed by atoms with Crippen LogP contribution in [0, 0.1) is 0 Å². The van der Waals surface area contributed by atoms with E-state index in [2.05, 4.69) is 0 Å². The van der Waals surface area contributed by atoms with Gasteiger partial charge in [-0.2, -0.15) is 0 Å². The van der Waals surface area contributed by atoms with Crippen molar-refractivity contribution in [1.29, 1.82) is 0 Å². The van der Waals surface area contributed by atoms with Crippen LogP contribution in [0.15, 0.2) is 18.2 Å². The van der Waals surface area contributed by atoms with Gasteiger partial charge in [0.15, 0.2) is 11.5 Å². The predicted molar refractivity (Wildman–Crippen MR) is 90.9 cm³/mol. The van der Waals surface area contributed by atoms with Crippen LogP contribution < -0.4 is 15.2 Å². The fourth-order valence-corrected chi connectivity index (χ4v) is 3.30. The zero-order valence-electron chi connectivity index (χ0n) is 13.5. The van der Waals surface area contributed by atoms with Gasteiger partial charge in [0.2, 0.25) is 12.7 Å². The number of ether oxygens (including phenoxy) is 2. The second kappa shape index (κ2) is 7.41. The summed E-state index contributed by atoms with van der Waals surface area (Å²) >= 11 is 0. The molecule has 1 aliphatic carbocycles. The van der Waals surface area contributed by atoms with Crippen LogP contribution in [0.4, 0.5) is 0 Å². The van der Waals surface area contributed by atoms with Crippen molar-refractivity contribution in [2.75, 3.05) is 13.3 Å². The zero-order chi connectivity index (χ0) is 15.6. The molecule has 3 rings (SSSR count). The van der Waals surface area contributed by atoms with Gasteiger partial charge in [-0.05, 0) is 37.5 Å². The van der Waals surface area contributed by atoms with Crippen molar-refractivity contribution in [2.24, 2.45) is 5.73 Å². The molecule has 0 unspecified atom stereocenters. The molecule has 2 N–H and O–H groups in total. The quantitative estimate of drug-likeness (QED) is 0.915. The van der Waals surface area contributed by atoms with Crippen molar-refractivity contribution < 1.29 is 14.3 Å². The number of nitrogens with two attached hydrogens (primary N) is 1. The number of carbonyl (C=O) groups is 1. The minimum atomic E-state index is -0.676. The third-order valence-corrected chi connectivity index (χ3v) is 4.65. The summed E-state index contributed by atoms with van der Waals surface area (Å²) in [5, 5.41) is 0. The lowest BCUT2D eigenvalue weighted by atomic mass is 9.81. The first-order valence-electron chi connectivity index (χ1n) is 8.09. The number of amides is 1. The van der Waals surface area contributed by atoms with E-state index in [1.807, 2.05) is 30.0 Å². The second-order valence-corrected chi connectivity index (χ2v) is 6.22. The van der Waals surface area contributed by atoms with Crippen LogP contribution in [0.5, 0.6) is 11.5 Å². The van der Waals surface area contributed by atoms with E-state index in [-0.39, 0.29) is 25.1 Å². The fraction of sp³-hybridized carbons (Fsp3) is 0.588. The van der Waals surface area contributed by atoms with Crippen molar-refractivity contribution >= 4 is 18.3 Å². The molecule has 1 amide bonds. The largest absolute Gasteiger partial charge is 0.454 e. The fourth-order valence-electron chi connectivity index (χ4n) is 3.30. The molecule has 1 aliphatic heterocycles. The molecule has 0 atom stereocenters. The Balaban J connectivity index is 0.00000192. The maximum absolute atomic E-state index is 12.8. The standard InChI is InChI=1S/C17H24N2O3.ClH/c1-2-19(16(20)17(18)8-4-3-5-9-17)11-13-6-7-14-15(10-13)22-12-21-14;/h6-7,10H,2-5,8-9,11-12,18H2,1H3;1H. The van der Waals surface area contributed by atoms with Gasteiger partial charge in [0.05, 0.1) is 5.54 Å². The molecule has 2 aliphatic rings. The third-order valence-electron chi connectivity index (χ3n) is 4.65. The van der Waals surface area contributed by atoms with E-state index < -0.39 is 5.54 Å². The number of benzene rings is 1. The second-order valence-electron chi connectivity index (χ2n) is 6.22. The smallest absolute Gasteiger partial charge is 0.242 e. The summed E-state index contributed by atoms with van der Waals surface area (Å²) < 4.78 is 10.7. The van der Waals surface area contributed by atoms with Crippen LogP contribution in [0.1, 0.15) is 44.6 Å². The monoisotopic (exact) mass is 340 g/mol. The number of hydrogen-bond acceptors (Lipinski definition) is 4. The molecule has 1 fully saturated rings. The Hall–Kier alpha value is -1.46. The maximum atomic E-state index is 12.8. The van der Waals surface area contributed by atoms with E-state index in [0.29, 0.717) is 13.1 Å². The Morgan fingerprint density at radius 2 is 1.91 bits per heavy atom. The molecule has 0 spiro atoms. The summed E-state index contributed by atoms with van der Waals surface area (Å²) in [5.74, 6) is 1.59. The summed E-state index contributed by atoms with van der Waals surface area (Å²) in [7, 11) is 0. The molecule has 6 heteroatoms. The van der Waals surface area contributed by atoms with Crippen LogP contribution in [0.3, 0.4) is 0 Å². The summed E-state index contributed by atoms with van der Waals surface area (Å²) in [4.78, 5) is 14.7. The SMILES string of the molecule is CCN(Cc1ccc2c(c1)OCO2)C(=O)C1(N)CCCCC1.Cl. The van der Waals surface area contributed by atoms with Crippen molar-refractivity contribution in [2.45, 2.75) is 51.1 Å². The van der Waals surface area contributed by atoms with Gasteiger partial charge in [0, 0.05) is 13.1 Å². The normalized spacial score (nSPS) is 18.2. The lowest BCUT2D eigenvalue weighted by Crippen LogP contribution is -2.56. The van der Waals surface area contributed by atoms with Crippen LogP contribution in [-0.4, -0.2) is 29.7 Å². The Labute approximate surface area is 143 Å². The molecular formula is C17H25ClN2O3. The number of fused-ring (bicyclic) bond motifs is 1. The molecule has 1 aromatic carbocycles. The van der Waals surface area contributed by atoms with E-state index in [4.69, 9.17) is 15.2 Å². The van der Waals surface area contributed by atoms with Crippen LogP contribution in [-0.2, 0) is 11.3 Å². The Kier molecular flexibility index (Phi) is 5.76. The molecule has 1 heterocycles. The molecule has 1 aromatic rings. The average molecular weight is 341 g/mol. The van der Waals surface area contributed by atoms with Gasteiger partial charge >= 0.3 is 0 Å². The van der Waals surface area contributed by atoms with Gasteiger partial charge in [0.25, 0.3) is 0 Å². The highest BCUT2D eigenvalue weighted by Crippen LogP contribution is 2.33. The molecule has 0 bridgehead atoms. The van der Waals surface area contributed by atoms with Crippen molar-refractivity contribution in [3.8, 4) is 11.5 Å². The first-order chi connectivity index (χ1) is 10.6. The molecule has 0 radical (unpaired) electrons. The number of hydrogen-bond donors (Lipinski definition) is 1. The highest BCUT2D eigenvalue weighted by Gasteiger charge is 2.37. The van der Waals surface area contributed by atoms with E-state index >= 15 is 0 Å². The maximum Gasteiger partial charge on any atom is 0.242 e. The Bertz CT molecular complexity index is 559. The number of nitrogens with zero attached hydrogens (tertiary/aromatic N) is 1. The molecule has 128 valence electrons. The first kappa shape index (κ1) is 17.9. The topological polar surface area (TPSA) is 64.8 Å². The van der Waals surface area contributed by atoms with Crippen molar-refractivity contribution in [1.82, 2.24) is 4.90 Å². The molecule has 0 saturated heterocycles. The third kappa shape index (κ3) is 3.72. The van der Waals surface area contributed by atoms with Gasteiger partial charge < -0.3 is 20.1 Å². The highest BCUT2D eigenvalue weighted by molar-refractivity contribution is 5.86. The van der Waals surface area contributed by atoms with E-state index in [0.717, 1.165) is 42.7 Å². The van der Waals surface area contributed by atoms with E-state index in [9.17, 15) is 4.79 Å². The predicted octanol–water partition coefficient (Wildman–Crippen LogP) is 2.85. The van der Waals surface area contributed by atoms with Gasteiger partial charge in [-0.25, -0.2) is 0 Å². The van der Waals surface area contributed by atoms with Gasteiger partial charge in [-0.1, -0.05) is 25.3 Å². The minimum Gasteiger partial charge on any atom is -0.454 e. The summed E-state index contributed by atoms with van der Waals surface area (Å²) in [5.41, 5.74) is 6.75. The van der Waals surface area contributed by atoms with Gasteiger partial charge in [0.1, 0.15) is 0 Å². The van der Waals surface area contributed by atoms with Crippen molar-refractivity contribution in [3.63, 3.8) is 0 Å². The van der Waals surface area contributed by atoms with Crippen molar-refractivity contribution in [3.05, 3.63) is 23.8 Å². The Morgan fingerprint density at radius 1 is 1.22 bits per heavy atom. The molecule has 23 heavy (non-hydrogen) atoms. The number of carbonyl (C=O) groups excluding carboxylic acids is 1. The number of halogens is 1. The van der Waals surface area contributed by atoms with Crippen LogP contribution in [0.2, 0.25) is 0 Å². The molecule has 0 aromatic heterocycles. The minimum absolute atomic E-state index is 0.